The molecule has 0 aliphatic heterocycles. The highest BCUT2D eigenvalue weighted by Crippen LogP contribution is 2.31. The first kappa shape index (κ1) is 15.8. The van der Waals surface area contributed by atoms with Gasteiger partial charge in [-0.2, -0.15) is 5.10 Å². The van der Waals surface area contributed by atoms with Gasteiger partial charge in [0.2, 0.25) is 0 Å². The molecule has 0 aliphatic carbocycles. The standard InChI is InChI=1S/C17H15FN4O2/c1-11(2)21-10-14(15-4-3-5-16(19-15)22(23)24)17(20-21)12-6-8-13(18)9-7-12/h3-11H,1-2H3. The molecule has 0 N–H and O–H groups in total. The molecule has 6 nitrogen and oxygen atoms in total. The fraction of sp³-hybridized carbons (Fsp3) is 0.176. The highest BCUT2D eigenvalue weighted by Gasteiger charge is 2.20. The van der Waals surface area contributed by atoms with Crippen LogP contribution in [0.5, 0.6) is 0 Å². The lowest BCUT2D eigenvalue weighted by molar-refractivity contribution is -0.389. The van der Waals surface area contributed by atoms with Crippen molar-refractivity contribution < 1.29 is 9.31 Å². The number of benzene rings is 1. The van der Waals surface area contributed by atoms with E-state index >= 15 is 0 Å². The van der Waals surface area contributed by atoms with Gasteiger partial charge in [-0.05, 0) is 60.2 Å². The van der Waals surface area contributed by atoms with Crippen molar-refractivity contribution in [2.45, 2.75) is 19.9 Å². The molecule has 0 radical (unpaired) electrons. The third kappa shape index (κ3) is 3.01. The van der Waals surface area contributed by atoms with Gasteiger partial charge in [0.15, 0.2) is 5.69 Å². The van der Waals surface area contributed by atoms with E-state index in [9.17, 15) is 14.5 Å². The molecule has 0 unspecified atom stereocenters. The van der Waals surface area contributed by atoms with Gasteiger partial charge in [-0.15, -0.1) is 0 Å². The smallest absolute Gasteiger partial charge is 0.358 e. The van der Waals surface area contributed by atoms with Crippen LogP contribution >= 0.6 is 0 Å². The average molecular weight is 326 g/mol. The predicted octanol–water partition coefficient (Wildman–Crippen LogP) is 4.24. The highest BCUT2D eigenvalue weighted by molar-refractivity contribution is 5.78. The quantitative estimate of drug-likeness (QED) is 0.531. The molecule has 2 aromatic heterocycles. The van der Waals surface area contributed by atoms with E-state index in [4.69, 9.17) is 0 Å². The molecule has 1 aromatic carbocycles. The van der Waals surface area contributed by atoms with E-state index in [2.05, 4.69) is 10.1 Å². The summed E-state index contributed by atoms with van der Waals surface area (Å²) in [5, 5.41) is 15.5. The van der Waals surface area contributed by atoms with E-state index in [1.165, 1.54) is 18.2 Å². The normalized spacial score (nSPS) is 11.0. The van der Waals surface area contributed by atoms with Crippen molar-refractivity contribution >= 4 is 5.82 Å². The second-order valence-electron chi connectivity index (χ2n) is 5.61. The third-order valence-electron chi connectivity index (χ3n) is 3.58. The summed E-state index contributed by atoms with van der Waals surface area (Å²) < 4.78 is 14.9. The second kappa shape index (κ2) is 6.19. The molecule has 0 atom stereocenters. The Hall–Kier alpha value is -3.09. The Bertz CT molecular complexity index is 888. The van der Waals surface area contributed by atoms with Crippen LogP contribution in [0.4, 0.5) is 10.2 Å². The minimum absolute atomic E-state index is 0.108. The first-order valence-corrected chi connectivity index (χ1v) is 7.42. The van der Waals surface area contributed by atoms with E-state index in [-0.39, 0.29) is 17.7 Å². The minimum Gasteiger partial charge on any atom is -0.358 e. The lowest BCUT2D eigenvalue weighted by Crippen LogP contribution is -2.00. The first-order chi connectivity index (χ1) is 11.5. The van der Waals surface area contributed by atoms with Crippen LogP contribution in [-0.2, 0) is 0 Å². The van der Waals surface area contributed by atoms with Gasteiger partial charge in [-0.1, -0.05) is 0 Å². The molecule has 0 aliphatic rings. The first-order valence-electron chi connectivity index (χ1n) is 7.42. The minimum atomic E-state index is -0.534. The van der Waals surface area contributed by atoms with E-state index in [1.54, 1.807) is 35.1 Å². The molecule has 0 saturated heterocycles. The summed E-state index contributed by atoms with van der Waals surface area (Å²) in [6, 6.07) is 10.7. The summed E-state index contributed by atoms with van der Waals surface area (Å²) in [5.74, 6) is -0.563. The topological polar surface area (TPSA) is 73.8 Å². The summed E-state index contributed by atoms with van der Waals surface area (Å²) >= 11 is 0. The molecule has 122 valence electrons. The molecule has 24 heavy (non-hydrogen) atoms. The zero-order valence-electron chi connectivity index (χ0n) is 13.2. The van der Waals surface area contributed by atoms with Crippen LogP contribution < -0.4 is 0 Å². The van der Waals surface area contributed by atoms with Gasteiger partial charge in [0.05, 0.1) is 5.56 Å². The molecule has 0 bridgehead atoms. The Morgan fingerprint density at radius 2 is 1.88 bits per heavy atom. The number of pyridine rings is 1. The van der Waals surface area contributed by atoms with Crippen LogP contribution in [0.25, 0.3) is 22.5 Å². The fourth-order valence-corrected chi connectivity index (χ4v) is 2.34. The molecule has 3 rings (SSSR count). The lowest BCUT2D eigenvalue weighted by Gasteiger charge is -2.03. The molecule has 7 heteroatoms. The molecule has 2 heterocycles. The number of halogens is 1. The molecular weight excluding hydrogens is 311 g/mol. The fourth-order valence-electron chi connectivity index (χ4n) is 2.34. The van der Waals surface area contributed by atoms with Gasteiger partial charge in [0.1, 0.15) is 11.5 Å². The largest absolute Gasteiger partial charge is 0.364 e. The molecule has 0 fully saturated rings. The highest BCUT2D eigenvalue weighted by atomic mass is 19.1. The van der Waals surface area contributed by atoms with Crippen LogP contribution in [0.2, 0.25) is 0 Å². The summed E-state index contributed by atoms with van der Waals surface area (Å²) in [6.07, 6.45) is 1.80. The van der Waals surface area contributed by atoms with Crippen LogP contribution in [0.1, 0.15) is 19.9 Å². The summed E-state index contributed by atoms with van der Waals surface area (Å²) in [4.78, 5) is 14.5. The molecule has 0 saturated carbocycles. The van der Waals surface area contributed by atoms with Gasteiger partial charge >= 0.3 is 5.82 Å². The number of aromatic nitrogens is 3. The number of nitrogens with zero attached hydrogens (tertiary/aromatic N) is 4. The van der Waals surface area contributed by atoms with Gasteiger partial charge in [0, 0.05) is 23.9 Å². The van der Waals surface area contributed by atoms with Gasteiger partial charge < -0.3 is 10.1 Å². The van der Waals surface area contributed by atoms with Gasteiger partial charge in [0.25, 0.3) is 0 Å². The summed E-state index contributed by atoms with van der Waals surface area (Å²) in [7, 11) is 0. The zero-order chi connectivity index (χ0) is 17.3. The van der Waals surface area contributed by atoms with Crippen molar-refractivity contribution in [1.29, 1.82) is 0 Å². The molecule has 0 spiro atoms. The average Bonchev–Trinajstić information content (AvgIpc) is 3.01. The number of hydrogen-bond acceptors (Lipinski definition) is 4. The van der Waals surface area contributed by atoms with Crippen molar-refractivity contribution in [3.8, 4) is 22.5 Å². The monoisotopic (exact) mass is 326 g/mol. The Kier molecular flexibility index (Phi) is 4.07. The Labute approximate surface area is 137 Å². The van der Waals surface area contributed by atoms with Crippen LogP contribution in [0.3, 0.4) is 0 Å². The maximum atomic E-state index is 13.2. The number of rotatable bonds is 4. The molecule has 0 amide bonds. The summed E-state index contributed by atoms with van der Waals surface area (Å²) in [6.45, 7) is 3.96. The van der Waals surface area contributed by atoms with Crippen molar-refractivity contribution in [3.05, 3.63) is 64.6 Å². The Morgan fingerprint density at radius 1 is 1.17 bits per heavy atom. The van der Waals surface area contributed by atoms with Crippen LogP contribution in [0, 0.1) is 15.9 Å². The number of hydrogen-bond donors (Lipinski definition) is 0. The Morgan fingerprint density at radius 3 is 2.50 bits per heavy atom. The molecular formula is C17H15FN4O2. The SMILES string of the molecule is CC(C)n1cc(-c2cccc([N+](=O)[O-])n2)c(-c2ccc(F)cc2)n1. The van der Waals surface area contributed by atoms with E-state index in [0.717, 1.165) is 5.56 Å². The molecule has 3 aromatic rings. The van der Waals surface area contributed by atoms with E-state index < -0.39 is 4.92 Å². The maximum Gasteiger partial charge on any atom is 0.364 e. The van der Waals surface area contributed by atoms with Crippen LogP contribution in [0.15, 0.2) is 48.7 Å². The third-order valence-corrected chi connectivity index (χ3v) is 3.58. The lowest BCUT2D eigenvalue weighted by atomic mass is 10.1. The van der Waals surface area contributed by atoms with Crippen molar-refractivity contribution in [2.75, 3.05) is 0 Å². The van der Waals surface area contributed by atoms with Gasteiger partial charge in [-0.3, -0.25) is 4.68 Å². The van der Waals surface area contributed by atoms with Crippen molar-refractivity contribution in [1.82, 2.24) is 14.8 Å². The van der Waals surface area contributed by atoms with Crippen LogP contribution in [-0.4, -0.2) is 19.7 Å². The van der Waals surface area contributed by atoms with Gasteiger partial charge in [-0.25, -0.2) is 4.39 Å². The van der Waals surface area contributed by atoms with E-state index in [0.29, 0.717) is 17.0 Å². The van der Waals surface area contributed by atoms with Crippen molar-refractivity contribution in [2.24, 2.45) is 0 Å². The zero-order valence-corrected chi connectivity index (χ0v) is 13.2. The second-order valence-corrected chi connectivity index (χ2v) is 5.61. The number of nitro groups is 1. The Balaban J connectivity index is 2.17. The summed E-state index contributed by atoms with van der Waals surface area (Å²) in [5.41, 5.74) is 2.45. The van der Waals surface area contributed by atoms with Crippen molar-refractivity contribution in [3.63, 3.8) is 0 Å². The van der Waals surface area contributed by atoms with E-state index in [1.807, 2.05) is 13.8 Å². The predicted molar refractivity (Wildman–Crippen MR) is 87.9 cm³/mol. The maximum absolute atomic E-state index is 13.2.